The van der Waals surface area contributed by atoms with Crippen LogP contribution >= 0.6 is 0 Å². The summed E-state index contributed by atoms with van der Waals surface area (Å²) in [7, 11) is 0. The van der Waals surface area contributed by atoms with Gasteiger partial charge >= 0.3 is 0 Å². The van der Waals surface area contributed by atoms with Crippen LogP contribution in [0.5, 0.6) is 0 Å². The lowest BCUT2D eigenvalue weighted by Gasteiger charge is -2.30. The monoisotopic (exact) mass is 274 g/mol. The van der Waals surface area contributed by atoms with Gasteiger partial charge in [-0.05, 0) is 44.9 Å². The second-order valence-corrected chi connectivity index (χ2v) is 6.18. The minimum atomic E-state index is 0.569. The zero-order valence-electron chi connectivity index (χ0n) is 12.7. The van der Waals surface area contributed by atoms with Crippen molar-refractivity contribution in [2.24, 2.45) is 0 Å². The zero-order valence-corrected chi connectivity index (χ0v) is 12.7. The molecule has 4 heteroatoms. The molecule has 1 atom stereocenters. The molecule has 0 bridgehead atoms. The van der Waals surface area contributed by atoms with Crippen LogP contribution in [0.15, 0.2) is 18.3 Å². The highest BCUT2D eigenvalue weighted by Gasteiger charge is 2.28. The first-order valence-corrected chi connectivity index (χ1v) is 7.93. The Kier molecular flexibility index (Phi) is 4.22. The molecule has 110 valence electrons. The van der Waals surface area contributed by atoms with Gasteiger partial charge in [-0.15, -0.1) is 0 Å². The standard InChI is InChI=1S/C16H26N4/c1-13(2)20-9-3-4-15(20)14-5-6-16(18-12-14)19-10-7-17-8-11-19/h5-6,12-13,15,17H,3-4,7-11H2,1-2H3/t15-/m0/s1. The lowest BCUT2D eigenvalue weighted by atomic mass is 10.1. The van der Waals surface area contributed by atoms with Gasteiger partial charge in [0.15, 0.2) is 0 Å². The maximum absolute atomic E-state index is 4.71. The van der Waals surface area contributed by atoms with Crippen molar-refractivity contribution in [3.8, 4) is 0 Å². The van der Waals surface area contributed by atoms with Gasteiger partial charge < -0.3 is 10.2 Å². The molecule has 0 spiro atoms. The summed E-state index contributed by atoms with van der Waals surface area (Å²) in [6.07, 6.45) is 4.68. The number of anilines is 1. The maximum Gasteiger partial charge on any atom is 0.128 e. The molecular weight excluding hydrogens is 248 g/mol. The zero-order chi connectivity index (χ0) is 13.9. The summed E-state index contributed by atoms with van der Waals surface area (Å²) in [5.41, 5.74) is 1.38. The Morgan fingerprint density at radius 1 is 1.20 bits per heavy atom. The molecule has 3 rings (SSSR count). The molecule has 0 amide bonds. The maximum atomic E-state index is 4.71. The topological polar surface area (TPSA) is 31.4 Å². The number of hydrogen-bond donors (Lipinski definition) is 1. The fraction of sp³-hybridized carbons (Fsp3) is 0.688. The van der Waals surface area contributed by atoms with Gasteiger partial charge in [0.05, 0.1) is 0 Å². The van der Waals surface area contributed by atoms with E-state index in [1.54, 1.807) is 0 Å². The third kappa shape index (κ3) is 2.81. The molecule has 0 saturated carbocycles. The van der Waals surface area contributed by atoms with Crippen molar-refractivity contribution in [1.82, 2.24) is 15.2 Å². The highest BCUT2D eigenvalue weighted by Crippen LogP contribution is 2.33. The number of nitrogens with one attached hydrogen (secondary N) is 1. The van der Waals surface area contributed by atoms with Crippen LogP contribution in [0, 0.1) is 0 Å². The fourth-order valence-corrected chi connectivity index (χ4v) is 3.44. The highest BCUT2D eigenvalue weighted by molar-refractivity contribution is 5.40. The first-order valence-electron chi connectivity index (χ1n) is 7.93. The molecule has 0 aliphatic carbocycles. The van der Waals surface area contributed by atoms with Crippen molar-refractivity contribution in [2.75, 3.05) is 37.6 Å². The van der Waals surface area contributed by atoms with Crippen molar-refractivity contribution >= 4 is 5.82 Å². The van der Waals surface area contributed by atoms with Crippen LogP contribution in [-0.2, 0) is 0 Å². The van der Waals surface area contributed by atoms with E-state index < -0.39 is 0 Å². The number of piperazine rings is 1. The van der Waals surface area contributed by atoms with Crippen molar-refractivity contribution in [2.45, 2.75) is 38.8 Å². The Bertz CT molecular complexity index is 423. The summed E-state index contributed by atoms with van der Waals surface area (Å²) in [5, 5.41) is 3.38. The molecule has 2 aliphatic heterocycles. The second kappa shape index (κ2) is 6.10. The summed E-state index contributed by atoms with van der Waals surface area (Å²) < 4.78 is 0. The predicted molar refractivity (Wildman–Crippen MR) is 83.1 cm³/mol. The Morgan fingerprint density at radius 2 is 2.00 bits per heavy atom. The third-order valence-corrected chi connectivity index (χ3v) is 4.55. The minimum absolute atomic E-state index is 0.569. The van der Waals surface area contributed by atoms with E-state index in [-0.39, 0.29) is 0 Å². The molecule has 1 N–H and O–H groups in total. The van der Waals surface area contributed by atoms with Gasteiger partial charge in [-0.2, -0.15) is 0 Å². The van der Waals surface area contributed by atoms with Gasteiger partial charge in [-0.25, -0.2) is 4.98 Å². The molecule has 2 aliphatic rings. The van der Waals surface area contributed by atoms with Gasteiger partial charge in [-0.3, -0.25) is 4.90 Å². The average Bonchev–Trinajstić information content (AvgIpc) is 2.98. The van der Waals surface area contributed by atoms with Crippen molar-refractivity contribution in [3.05, 3.63) is 23.9 Å². The lowest BCUT2D eigenvalue weighted by Crippen LogP contribution is -2.43. The van der Waals surface area contributed by atoms with Gasteiger partial charge in [0.25, 0.3) is 0 Å². The Hall–Kier alpha value is -1.13. The number of nitrogens with zero attached hydrogens (tertiary/aromatic N) is 3. The van der Waals surface area contributed by atoms with E-state index in [4.69, 9.17) is 4.98 Å². The molecule has 2 fully saturated rings. The Morgan fingerprint density at radius 3 is 2.65 bits per heavy atom. The first kappa shape index (κ1) is 13.8. The molecule has 4 nitrogen and oxygen atoms in total. The van der Waals surface area contributed by atoms with E-state index in [9.17, 15) is 0 Å². The summed E-state index contributed by atoms with van der Waals surface area (Å²) in [4.78, 5) is 9.68. The second-order valence-electron chi connectivity index (χ2n) is 6.18. The predicted octanol–water partition coefficient (Wildman–Crippen LogP) is 2.04. The van der Waals surface area contributed by atoms with Crippen LogP contribution in [-0.4, -0.2) is 48.6 Å². The molecule has 1 aromatic heterocycles. The first-order chi connectivity index (χ1) is 9.75. The number of aromatic nitrogens is 1. The summed E-state index contributed by atoms with van der Waals surface area (Å²) in [6, 6.07) is 5.68. The normalized spacial score (nSPS) is 24.6. The molecule has 3 heterocycles. The van der Waals surface area contributed by atoms with Crippen molar-refractivity contribution < 1.29 is 0 Å². The molecule has 2 saturated heterocycles. The molecule has 0 aromatic carbocycles. The van der Waals surface area contributed by atoms with E-state index in [0.717, 1.165) is 32.0 Å². The lowest BCUT2D eigenvalue weighted by molar-refractivity contribution is 0.205. The van der Waals surface area contributed by atoms with Crippen LogP contribution in [0.2, 0.25) is 0 Å². The van der Waals surface area contributed by atoms with Crippen molar-refractivity contribution in [3.63, 3.8) is 0 Å². The van der Waals surface area contributed by atoms with Crippen LogP contribution in [0.3, 0.4) is 0 Å². The van der Waals surface area contributed by atoms with E-state index >= 15 is 0 Å². The van der Waals surface area contributed by atoms with Gasteiger partial charge in [0.2, 0.25) is 0 Å². The van der Waals surface area contributed by atoms with Gasteiger partial charge in [0, 0.05) is 44.5 Å². The number of likely N-dealkylation sites (tertiary alicyclic amines) is 1. The number of pyridine rings is 1. The summed E-state index contributed by atoms with van der Waals surface area (Å²) in [6.45, 7) is 10.1. The Labute approximate surface area is 122 Å². The van der Waals surface area contributed by atoms with Gasteiger partial charge in [0.1, 0.15) is 5.82 Å². The molecule has 20 heavy (non-hydrogen) atoms. The quantitative estimate of drug-likeness (QED) is 0.914. The summed E-state index contributed by atoms with van der Waals surface area (Å²) >= 11 is 0. The third-order valence-electron chi connectivity index (χ3n) is 4.55. The smallest absolute Gasteiger partial charge is 0.128 e. The number of rotatable bonds is 3. The van der Waals surface area contributed by atoms with E-state index in [1.165, 1.54) is 24.9 Å². The molecular formula is C16H26N4. The number of hydrogen-bond acceptors (Lipinski definition) is 4. The van der Waals surface area contributed by atoms with Crippen LogP contribution < -0.4 is 10.2 Å². The van der Waals surface area contributed by atoms with Crippen LogP contribution in [0.1, 0.15) is 38.3 Å². The van der Waals surface area contributed by atoms with E-state index in [1.807, 2.05) is 0 Å². The fourth-order valence-electron chi connectivity index (χ4n) is 3.44. The largest absolute Gasteiger partial charge is 0.354 e. The van der Waals surface area contributed by atoms with E-state index in [2.05, 4.69) is 47.3 Å². The highest BCUT2D eigenvalue weighted by atomic mass is 15.2. The Balaban J connectivity index is 1.72. The van der Waals surface area contributed by atoms with Crippen molar-refractivity contribution in [1.29, 1.82) is 0 Å². The van der Waals surface area contributed by atoms with Gasteiger partial charge in [-0.1, -0.05) is 6.07 Å². The SMILES string of the molecule is CC(C)N1CCC[C@H]1c1ccc(N2CCNCC2)nc1. The van der Waals surface area contributed by atoms with Crippen LogP contribution in [0.4, 0.5) is 5.82 Å². The minimum Gasteiger partial charge on any atom is -0.354 e. The van der Waals surface area contributed by atoms with Crippen LogP contribution in [0.25, 0.3) is 0 Å². The molecule has 0 radical (unpaired) electrons. The average molecular weight is 274 g/mol. The van der Waals surface area contributed by atoms with E-state index in [0.29, 0.717) is 12.1 Å². The molecule has 1 aromatic rings. The summed E-state index contributed by atoms with van der Waals surface area (Å²) in [5.74, 6) is 1.13. The molecule has 0 unspecified atom stereocenters.